The molecular formula is C31H26F3N3O2. The first-order valence-electron chi connectivity index (χ1n) is 13.3. The topological polar surface area (TPSA) is 51.3 Å². The average Bonchev–Trinajstić information content (AvgIpc) is 3.37. The van der Waals surface area contributed by atoms with Crippen LogP contribution in [0.5, 0.6) is 0 Å². The van der Waals surface area contributed by atoms with Gasteiger partial charge in [-0.3, -0.25) is 4.79 Å². The van der Waals surface area contributed by atoms with Crippen LogP contribution in [0, 0.1) is 11.8 Å². The zero-order chi connectivity index (χ0) is 26.7. The molecule has 1 saturated carbocycles. The van der Waals surface area contributed by atoms with E-state index in [0.29, 0.717) is 29.9 Å². The van der Waals surface area contributed by atoms with Crippen molar-refractivity contribution in [1.82, 2.24) is 14.5 Å². The van der Waals surface area contributed by atoms with E-state index >= 15 is 0 Å². The smallest absolute Gasteiger partial charge is 0.416 e. The lowest BCUT2D eigenvalue weighted by Gasteiger charge is -2.18. The van der Waals surface area contributed by atoms with E-state index in [9.17, 15) is 18.0 Å². The molecule has 198 valence electrons. The average molecular weight is 530 g/mol. The summed E-state index contributed by atoms with van der Waals surface area (Å²) >= 11 is 0. The van der Waals surface area contributed by atoms with Crippen molar-refractivity contribution < 1.29 is 22.4 Å². The van der Waals surface area contributed by atoms with Gasteiger partial charge < -0.3 is 13.9 Å². The second kappa shape index (κ2) is 9.00. The van der Waals surface area contributed by atoms with Crippen molar-refractivity contribution in [3.8, 4) is 22.5 Å². The van der Waals surface area contributed by atoms with Crippen LogP contribution in [0.2, 0.25) is 0 Å². The van der Waals surface area contributed by atoms with E-state index in [1.807, 2.05) is 58.0 Å². The van der Waals surface area contributed by atoms with Crippen LogP contribution in [-0.4, -0.2) is 33.4 Å². The van der Waals surface area contributed by atoms with Gasteiger partial charge in [-0.05, 0) is 55.0 Å². The van der Waals surface area contributed by atoms with Gasteiger partial charge in [-0.25, -0.2) is 4.98 Å². The van der Waals surface area contributed by atoms with Crippen LogP contribution in [0.3, 0.4) is 0 Å². The van der Waals surface area contributed by atoms with Crippen LogP contribution in [-0.2, 0) is 17.5 Å². The molecule has 1 aliphatic carbocycles. The number of para-hydroxylation sites is 1. The molecule has 0 bridgehead atoms. The molecule has 5 aromatic rings. The molecule has 1 saturated heterocycles. The molecule has 39 heavy (non-hydrogen) atoms. The zero-order valence-electron chi connectivity index (χ0n) is 21.1. The standard InChI is InChI=1S/C31H26F3N3O2/c32-31(33,34)23-11-12-27-26(15-23)35-29(37(27)17-19-13-14-36(16-19)30(38)22-9-10-22)21-7-5-20(6-8-21)25-18-39-28-4-2-1-3-24(25)28/h1-8,11-12,15,18-19,22H,9-10,13-14,16-17H2/t19-/m1/s1. The van der Waals surface area contributed by atoms with Gasteiger partial charge in [-0.15, -0.1) is 0 Å². The normalized spacial score (nSPS) is 17.9. The maximum Gasteiger partial charge on any atom is 0.416 e. The van der Waals surface area contributed by atoms with Crippen molar-refractivity contribution in [2.75, 3.05) is 13.1 Å². The fourth-order valence-electron chi connectivity index (χ4n) is 5.74. The summed E-state index contributed by atoms with van der Waals surface area (Å²) < 4.78 is 48.1. The van der Waals surface area contributed by atoms with Crippen LogP contribution in [0.25, 0.3) is 44.5 Å². The predicted octanol–water partition coefficient (Wildman–Crippen LogP) is 7.39. The Labute approximate surface area is 222 Å². The van der Waals surface area contributed by atoms with E-state index in [-0.39, 0.29) is 17.7 Å². The van der Waals surface area contributed by atoms with E-state index in [1.165, 1.54) is 6.07 Å². The van der Waals surface area contributed by atoms with Gasteiger partial charge in [0.1, 0.15) is 11.4 Å². The summed E-state index contributed by atoms with van der Waals surface area (Å²) in [5, 5.41) is 1.02. The summed E-state index contributed by atoms with van der Waals surface area (Å²) in [7, 11) is 0. The molecule has 2 aromatic heterocycles. The third-order valence-corrected chi connectivity index (χ3v) is 7.98. The molecule has 3 heterocycles. The number of carbonyl (C=O) groups is 1. The number of fused-ring (bicyclic) bond motifs is 2. The monoisotopic (exact) mass is 529 g/mol. The Morgan fingerprint density at radius 1 is 0.974 bits per heavy atom. The second-order valence-corrected chi connectivity index (χ2v) is 10.7. The Morgan fingerprint density at radius 3 is 2.51 bits per heavy atom. The number of amides is 1. The van der Waals surface area contributed by atoms with E-state index < -0.39 is 11.7 Å². The van der Waals surface area contributed by atoms with Crippen molar-refractivity contribution in [3.63, 3.8) is 0 Å². The molecule has 0 radical (unpaired) electrons. The number of rotatable bonds is 5. The van der Waals surface area contributed by atoms with Crippen LogP contribution < -0.4 is 0 Å². The Balaban J connectivity index is 1.25. The summed E-state index contributed by atoms with van der Waals surface area (Å²) in [5.41, 5.74) is 3.85. The Hall–Kier alpha value is -4.07. The fourth-order valence-corrected chi connectivity index (χ4v) is 5.74. The molecule has 2 aliphatic rings. The first-order chi connectivity index (χ1) is 18.8. The maximum absolute atomic E-state index is 13.5. The van der Waals surface area contributed by atoms with Gasteiger partial charge in [0.2, 0.25) is 5.91 Å². The van der Waals surface area contributed by atoms with Crippen LogP contribution >= 0.6 is 0 Å². The molecule has 1 atom stereocenters. The SMILES string of the molecule is O=C(C1CC1)N1CC[C@@H](Cn2c(-c3ccc(-c4coc5ccccc45)cc3)nc3cc(C(F)(F)F)ccc32)C1. The van der Waals surface area contributed by atoms with E-state index in [2.05, 4.69) is 0 Å². The van der Waals surface area contributed by atoms with Gasteiger partial charge >= 0.3 is 6.18 Å². The summed E-state index contributed by atoms with van der Waals surface area (Å²) in [6.45, 7) is 1.98. The molecule has 2 fully saturated rings. The van der Waals surface area contributed by atoms with Gasteiger partial charge in [0, 0.05) is 42.1 Å². The minimum atomic E-state index is -4.44. The molecule has 1 amide bonds. The van der Waals surface area contributed by atoms with Crippen LogP contribution in [0.4, 0.5) is 13.2 Å². The third kappa shape index (κ3) is 4.37. The molecule has 0 spiro atoms. The van der Waals surface area contributed by atoms with Crippen molar-refractivity contribution in [2.24, 2.45) is 11.8 Å². The van der Waals surface area contributed by atoms with Crippen molar-refractivity contribution in [3.05, 3.63) is 78.6 Å². The molecular weight excluding hydrogens is 503 g/mol. The molecule has 0 N–H and O–H groups in total. The van der Waals surface area contributed by atoms with Gasteiger partial charge in [0.15, 0.2) is 0 Å². The van der Waals surface area contributed by atoms with Gasteiger partial charge in [-0.2, -0.15) is 13.2 Å². The molecule has 0 unspecified atom stereocenters. The number of likely N-dealkylation sites (tertiary alicyclic amines) is 1. The molecule has 5 nitrogen and oxygen atoms in total. The molecule has 8 heteroatoms. The summed E-state index contributed by atoms with van der Waals surface area (Å²) in [6.07, 6.45) is 0.111. The lowest BCUT2D eigenvalue weighted by molar-refractivity contribution is -0.137. The Morgan fingerprint density at radius 2 is 1.74 bits per heavy atom. The van der Waals surface area contributed by atoms with E-state index in [1.54, 1.807) is 6.26 Å². The first-order valence-corrected chi connectivity index (χ1v) is 13.3. The van der Waals surface area contributed by atoms with Crippen molar-refractivity contribution >= 4 is 27.9 Å². The van der Waals surface area contributed by atoms with Gasteiger partial charge in [0.05, 0.1) is 22.9 Å². The van der Waals surface area contributed by atoms with E-state index in [0.717, 1.165) is 65.6 Å². The second-order valence-electron chi connectivity index (χ2n) is 10.7. The number of furan rings is 1. The van der Waals surface area contributed by atoms with Gasteiger partial charge in [0.25, 0.3) is 0 Å². The lowest BCUT2D eigenvalue weighted by atomic mass is 10.0. The predicted molar refractivity (Wildman–Crippen MR) is 143 cm³/mol. The highest BCUT2D eigenvalue weighted by molar-refractivity contribution is 5.94. The van der Waals surface area contributed by atoms with Gasteiger partial charge in [-0.1, -0.05) is 42.5 Å². The number of aromatic nitrogens is 2. The quantitative estimate of drug-likeness (QED) is 0.239. The molecule has 1 aliphatic heterocycles. The summed E-state index contributed by atoms with van der Waals surface area (Å²) in [5.74, 6) is 1.26. The van der Waals surface area contributed by atoms with Crippen molar-refractivity contribution in [1.29, 1.82) is 0 Å². The Kier molecular flexibility index (Phi) is 5.54. The zero-order valence-corrected chi connectivity index (χ0v) is 21.1. The third-order valence-electron chi connectivity index (χ3n) is 7.98. The van der Waals surface area contributed by atoms with Crippen LogP contribution in [0.1, 0.15) is 24.8 Å². The van der Waals surface area contributed by atoms with E-state index in [4.69, 9.17) is 9.40 Å². The highest BCUT2D eigenvalue weighted by atomic mass is 19.4. The number of alkyl halides is 3. The molecule has 7 rings (SSSR count). The number of hydrogen-bond donors (Lipinski definition) is 0. The largest absolute Gasteiger partial charge is 0.464 e. The fraction of sp³-hybridized carbons (Fsp3) is 0.290. The molecule has 3 aromatic carbocycles. The first kappa shape index (κ1) is 24.0. The lowest BCUT2D eigenvalue weighted by Crippen LogP contribution is -2.30. The number of hydrogen-bond acceptors (Lipinski definition) is 3. The highest BCUT2D eigenvalue weighted by Crippen LogP contribution is 2.37. The number of nitrogens with zero attached hydrogens (tertiary/aromatic N) is 3. The summed E-state index contributed by atoms with van der Waals surface area (Å²) in [6, 6.07) is 19.5. The Bertz CT molecular complexity index is 1700. The number of halogens is 3. The van der Waals surface area contributed by atoms with Crippen molar-refractivity contribution in [2.45, 2.75) is 32.0 Å². The van der Waals surface area contributed by atoms with Crippen LogP contribution in [0.15, 0.2) is 77.4 Å². The highest BCUT2D eigenvalue weighted by Gasteiger charge is 2.37. The number of carbonyl (C=O) groups excluding carboxylic acids is 1. The number of benzene rings is 3. The summed E-state index contributed by atoms with van der Waals surface area (Å²) in [4.78, 5) is 19.2. The minimum Gasteiger partial charge on any atom is -0.464 e. The number of imidazole rings is 1. The minimum absolute atomic E-state index is 0.181. The maximum atomic E-state index is 13.5.